The summed E-state index contributed by atoms with van der Waals surface area (Å²) in [6.45, 7) is 1.55. The highest BCUT2D eigenvalue weighted by molar-refractivity contribution is 5.75. The summed E-state index contributed by atoms with van der Waals surface area (Å²) < 4.78 is 0. The van der Waals surface area contributed by atoms with E-state index in [1.807, 2.05) is 24.3 Å². The molecule has 0 saturated heterocycles. The third-order valence-corrected chi connectivity index (χ3v) is 2.45. The number of aryl methyl sites for hydroxylation is 2. The van der Waals surface area contributed by atoms with Crippen LogP contribution >= 0.6 is 0 Å². The lowest BCUT2D eigenvalue weighted by molar-refractivity contribution is -0.149. The van der Waals surface area contributed by atoms with Gasteiger partial charge in [-0.1, -0.05) is 31.2 Å². The first-order valence-electron chi connectivity index (χ1n) is 5.82. The van der Waals surface area contributed by atoms with Crippen LogP contribution in [0.3, 0.4) is 0 Å². The van der Waals surface area contributed by atoms with Crippen LogP contribution in [-0.4, -0.2) is 23.6 Å². The van der Waals surface area contributed by atoms with Crippen molar-refractivity contribution in [2.24, 2.45) is 0 Å². The Morgan fingerprint density at radius 2 is 1.83 bits per heavy atom. The van der Waals surface area contributed by atoms with E-state index in [9.17, 15) is 9.59 Å². The second kappa shape index (κ2) is 7.45. The Bertz CT molecular complexity index is 400. The van der Waals surface area contributed by atoms with E-state index in [1.165, 1.54) is 5.56 Å². The van der Waals surface area contributed by atoms with E-state index in [4.69, 9.17) is 5.11 Å². The standard InChI is InChI=1S/C13H17NO4/c1-2-10-3-5-11(6-4-10)7-8-12(15)14-18-9-13(16)17/h3-6H,2,7-9H2,1H3,(H,14,15)(H,16,17). The minimum Gasteiger partial charge on any atom is -0.479 e. The zero-order valence-electron chi connectivity index (χ0n) is 10.3. The van der Waals surface area contributed by atoms with Crippen molar-refractivity contribution in [3.05, 3.63) is 35.4 Å². The summed E-state index contributed by atoms with van der Waals surface area (Å²) in [7, 11) is 0. The van der Waals surface area contributed by atoms with Gasteiger partial charge in [0.25, 0.3) is 0 Å². The van der Waals surface area contributed by atoms with Gasteiger partial charge in [0.1, 0.15) is 0 Å². The Balaban J connectivity index is 2.26. The molecule has 0 bridgehead atoms. The molecule has 1 rings (SSSR count). The SMILES string of the molecule is CCc1ccc(CCC(=O)NOCC(=O)O)cc1. The molecule has 98 valence electrons. The lowest BCUT2D eigenvalue weighted by Crippen LogP contribution is -2.26. The number of carboxylic acids is 1. The number of nitrogens with one attached hydrogen (secondary N) is 1. The third kappa shape index (κ3) is 5.45. The van der Waals surface area contributed by atoms with Gasteiger partial charge in [-0.05, 0) is 24.0 Å². The van der Waals surface area contributed by atoms with Crippen LogP contribution in [-0.2, 0) is 27.3 Å². The molecule has 0 heterocycles. The Morgan fingerprint density at radius 1 is 1.22 bits per heavy atom. The Kier molecular flexibility index (Phi) is 5.87. The van der Waals surface area contributed by atoms with Gasteiger partial charge in [-0.2, -0.15) is 0 Å². The van der Waals surface area contributed by atoms with Gasteiger partial charge < -0.3 is 5.11 Å². The van der Waals surface area contributed by atoms with Gasteiger partial charge in [-0.3, -0.25) is 9.63 Å². The van der Waals surface area contributed by atoms with E-state index >= 15 is 0 Å². The molecule has 0 aliphatic rings. The minimum absolute atomic E-state index is 0.269. The van der Waals surface area contributed by atoms with Crippen LogP contribution in [0.2, 0.25) is 0 Å². The smallest absolute Gasteiger partial charge is 0.332 e. The van der Waals surface area contributed by atoms with Gasteiger partial charge in [-0.15, -0.1) is 0 Å². The molecule has 18 heavy (non-hydrogen) atoms. The Morgan fingerprint density at radius 3 is 2.39 bits per heavy atom. The van der Waals surface area contributed by atoms with Crippen LogP contribution < -0.4 is 5.48 Å². The van der Waals surface area contributed by atoms with E-state index in [0.717, 1.165) is 12.0 Å². The highest BCUT2D eigenvalue weighted by Gasteiger charge is 2.04. The number of aliphatic carboxylic acids is 1. The van der Waals surface area contributed by atoms with E-state index in [-0.39, 0.29) is 12.3 Å². The maximum atomic E-state index is 11.3. The summed E-state index contributed by atoms with van der Waals surface area (Å²) in [5.74, 6) is -1.44. The summed E-state index contributed by atoms with van der Waals surface area (Å²) in [4.78, 5) is 25.9. The molecule has 0 aliphatic heterocycles. The average molecular weight is 251 g/mol. The number of hydrogen-bond acceptors (Lipinski definition) is 3. The van der Waals surface area contributed by atoms with E-state index in [2.05, 4.69) is 17.2 Å². The van der Waals surface area contributed by atoms with E-state index < -0.39 is 12.6 Å². The van der Waals surface area contributed by atoms with Gasteiger partial charge in [0.05, 0.1) is 0 Å². The van der Waals surface area contributed by atoms with Crippen LogP contribution in [0.4, 0.5) is 0 Å². The predicted octanol–water partition coefficient (Wildman–Crippen LogP) is 1.31. The van der Waals surface area contributed by atoms with Crippen molar-refractivity contribution in [1.82, 2.24) is 5.48 Å². The summed E-state index contributed by atoms with van der Waals surface area (Å²) in [6, 6.07) is 8.05. The van der Waals surface area contributed by atoms with Crippen molar-refractivity contribution >= 4 is 11.9 Å². The zero-order chi connectivity index (χ0) is 13.4. The summed E-state index contributed by atoms with van der Waals surface area (Å²) in [5.41, 5.74) is 4.41. The summed E-state index contributed by atoms with van der Waals surface area (Å²) in [6.07, 6.45) is 1.86. The topological polar surface area (TPSA) is 75.6 Å². The number of rotatable bonds is 7. The number of carbonyl (C=O) groups is 2. The maximum Gasteiger partial charge on any atom is 0.332 e. The zero-order valence-corrected chi connectivity index (χ0v) is 10.3. The summed E-state index contributed by atoms with van der Waals surface area (Å²) in [5, 5.41) is 8.31. The molecule has 0 fully saturated rings. The van der Waals surface area contributed by atoms with Crippen molar-refractivity contribution in [3.63, 3.8) is 0 Å². The molecule has 0 radical (unpaired) electrons. The molecular weight excluding hydrogens is 234 g/mol. The largest absolute Gasteiger partial charge is 0.479 e. The highest BCUT2D eigenvalue weighted by atomic mass is 16.7. The molecule has 0 saturated carbocycles. The molecule has 0 atom stereocenters. The van der Waals surface area contributed by atoms with Crippen LogP contribution in [0.15, 0.2) is 24.3 Å². The van der Waals surface area contributed by atoms with E-state index in [0.29, 0.717) is 6.42 Å². The fraction of sp³-hybridized carbons (Fsp3) is 0.385. The maximum absolute atomic E-state index is 11.3. The number of carbonyl (C=O) groups excluding carboxylic acids is 1. The van der Waals surface area contributed by atoms with Crippen molar-refractivity contribution in [2.45, 2.75) is 26.2 Å². The first kappa shape index (κ1) is 14.2. The summed E-state index contributed by atoms with van der Waals surface area (Å²) >= 11 is 0. The van der Waals surface area contributed by atoms with Crippen LogP contribution in [0.1, 0.15) is 24.5 Å². The van der Waals surface area contributed by atoms with Crippen molar-refractivity contribution in [3.8, 4) is 0 Å². The van der Waals surface area contributed by atoms with Crippen LogP contribution in [0, 0.1) is 0 Å². The fourth-order valence-corrected chi connectivity index (χ4v) is 1.43. The minimum atomic E-state index is -1.12. The Hall–Kier alpha value is -1.88. The molecule has 0 spiro atoms. The molecule has 0 aliphatic carbocycles. The Labute approximate surface area is 106 Å². The third-order valence-electron chi connectivity index (χ3n) is 2.45. The molecular formula is C13H17NO4. The number of carboxylic acid groups (broad SMARTS) is 1. The predicted molar refractivity (Wildman–Crippen MR) is 65.9 cm³/mol. The van der Waals surface area contributed by atoms with Crippen molar-refractivity contribution in [2.75, 3.05) is 6.61 Å². The number of benzene rings is 1. The molecule has 1 amide bonds. The van der Waals surface area contributed by atoms with Crippen LogP contribution in [0.25, 0.3) is 0 Å². The quantitative estimate of drug-likeness (QED) is 0.716. The number of hydroxylamine groups is 1. The van der Waals surface area contributed by atoms with Crippen molar-refractivity contribution < 1.29 is 19.5 Å². The van der Waals surface area contributed by atoms with E-state index in [1.54, 1.807) is 0 Å². The second-order valence-corrected chi connectivity index (χ2v) is 3.88. The highest BCUT2D eigenvalue weighted by Crippen LogP contribution is 2.07. The van der Waals surface area contributed by atoms with Crippen LogP contribution in [0.5, 0.6) is 0 Å². The number of amides is 1. The molecule has 1 aromatic rings. The molecule has 1 aromatic carbocycles. The fourth-order valence-electron chi connectivity index (χ4n) is 1.43. The molecule has 0 aromatic heterocycles. The first-order valence-corrected chi connectivity index (χ1v) is 5.82. The second-order valence-electron chi connectivity index (χ2n) is 3.88. The molecule has 0 unspecified atom stereocenters. The lowest BCUT2D eigenvalue weighted by atomic mass is 10.1. The van der Waals surface area contributed by atoms with Gasteiger partial charge in [0, 0.05) is 6.42 Å². The van der Waals surface area contributed by atoms with Gasteiger partial charge in [0.15, 0.2) is 6.61 Å². The van der Waals surface area contributed by atoms with Crippen molar-refractivity contribution in [1.29, 1.82) is 0 Å². The molecule has 5 heteroatoms. The van der Waals surface area contributed by atoms with Gasteiger partial charge in [0.2, 0.25) is 5.91 Å². The van der Waals surface area contributed by atoms with Gasteiger partial charge >= 0.3 is 5.97 Å². The van der Waals surface area contributed by atoms with Gasteiger partial charge in [-0.25, -0.2) is 10.3 Å². The normalized spacial score (nSPS) is 10.1. The monoisotopic (exact) mass is 251 g/mol. The molecule has 5 nitrogen and oxygen atoms in total. The average Bonchev–Trinajstić information content (AvgIpc) is 2.36. The first-order chi connectivity index (χ1) is 8.61. The molecule has 2 N–H and O–H groups in total. The lowest BCUT2D eigenvalue weighted by Gasteiger charge is -2.04. The number of hydrogen-bond donors (Lipinski definition) is 2.